The number of nitrogens with two attached hydrogens (primary N) is 1. The van der Waals surface area contributed by atoms with Gasteiger partial charge in [0.25, 0.3) is 0 Å². The van der Waals surface area contributed by atoms with E-state index in [-0.39, 0.29) is 0 Å². The zero-order valence-corrected chi connectivity index (χ0v) is 11.8. The summed E-state index contributed by atoms with van der Waals surface area (Å²) in [6, 6.07) is 9.83. The largest absolute Gasteiger partial charge is 0.493 e. The van der Waals surface area contributed by atoms with Gasteiger partial charge >= 0.3 is 0 Å². The van der Waals surface area contributed by atoms with Crippen LogP contribution in [0.3, 0.4) is 0 Å². The average Bonchev–Trinajstić information content (AvgIpc) is 2.36. The molecule has 2 rings (SSSR count). The van der Waals surface area contributed by atoms with E-state index in [1.54, 1.807) is 6.20 Å². The van der Waals surface area contributed by atoms with Gasteiger partial charge in [-0.1, -0.05) is 22.0 Å². The predicted octanol–water partition coefficient (Wildman–Crippen LogP) is 3.36. The summed E-state index contributed by atoms with van der Waals surface area (Å²) < 4.78 is 6.70. The first kappa shape index (κ1) is 12.9. The van der Waals surface area contributed by atoms with Crippen LogP contribution in [0, 0.1) is 6.92 Å². The van der Waals surface area contributed by atoms with Crippen molar-refractivity contribution in [3.63, 3.8) is 0 Å². The van der Waals surface area contributed by atoms with Crippen molar-refractivity contribution >= 4 is 21.7 Å². The molecule has 3 nitrogen and oxygen atoms in total. The normalized spacial score (nSPS) is 10.3. The monoisotopic (exact) mass is 306 g/mol. The molecule has 0 saturated carbocycles. The van der Waals surface area contributed by atoms with Crippen LogP contribution in [0.4, 0.5) is 5.82 Å². The molecule has 4 heteroatoms. The molecule has 0 radical (unpaired) electrons. The molecule has 0 amide bonds. The van der Waals surface area contributed by atoms with Crippen LogP contribution < -0.4 is 10.5 Å². The number of aryl methyl sites for hydroxylation is 1. The number of hydrogen-bond donors (Lipinski definition) is 1. The van der Waals surface area contributed by atoms with Gasteiger partial charge in [-0.2, -0.15) is 0 Å². The number of aromatic nitrogens is 1. The molecular weight excluding hydrogens is 292 g/mol. The molecule has 0 spiro atoms. The molecule has 18 heavy (non-hydrogen) atoms. The van der Waals surface area contributed by atoms with E-state index in [4.69, 9.17) is 10.5 Å². The Hall–Kier alpha value is -1.55. The second kappa shape index (κ2) is 5.87. The van der Waals surface area contributed by atoms with Crippen LogP contribution in [0.5, 0.6) is 5.75 Å². The van der Waals surface area contributed by atoms with Gasteiger partial charge in [-0.3, -0.25) is 0 Å². The van der Waals surface area contributed by atoms with E-state index in [1.807, 2.05) is 37.3 Å². The molecule has 0 saturated heterocycles. The number of pyridine rings is 1. The van der Waals surface area contributed by atoms with Crippen LogP contribution in [0.25, 0.3) is 0 Å². The summed E-state index contributed by atoms with van der Waals surface area (Å²) in [4.78, 5) is 4.13. The van der Waals surface area contributed by atoms with Crippen LogP contribution in [0.2, 0.25) is 0 Å². The van der Waals surface area contributed by atoms with Gasteiger partial charge in [-0.05, 0) is 42.3 Å². The van der Waals surface area contributed by atoms with Gasteiger partial charge < -0.3 is 10.5 Å². The smallest absolute Gasteiger partial charge is 0.126 e. The topological polar surface area (TPSA) is 48.1 Å². The highest BCUT2D eigenvalue weighted by Crippen LogP contribution is 2.17. The number of hydrogen-bond acceptors (Lipinski definition) is 3. The molecule has 1 aromatic heterocycles. The lowest BCUT2D eigenvalue weighted by Crippen LogP contribution is -2.05. The van der Waals surface area contributed by atoms with Gasteiger partial charge in [0.1, 0.15) is 11.6 Å². The second-order valence-electron chi connectivity index (χ2n) is 4.11. The lowest BCUT2D eigenvalue weighted by Gasteiger charge is -2.08. The predicted molar refractivity (Wildman–Crippen MR) is 76.7 cm³/mol. The Bertz CT molecular complexity index is 526. The first-order chi connectivity index (χ1) is 8.65. The van der Waals surface area contributed by atoms with Crippen LogP contribution in [0.15, 0.2) is 41.0 Å². The van der Waals surface area contributed by atoms with Gasteiger partial charge in [0.2, 0.25) is 0 Å². The first-order valence-electron chi connectivity index (χ1n) is 5.74. The zero-order valence-electron chi connectivity index (χ0n) is 10.2. The fourth-order valence-corrected chi connectivity index (χ4v) is 1.91. The molecule has 0 aliphatic heterocycles. The van der Waals surface area contributed by atoms with Crippen LogP contribution >= 0.6 is 15.9 Å². The molecule has 0 atom stereocenters. The Balaban J connectivity index is 1.92. The van der Waals surface area contributed by atoms with Gasteiger partial charge in [0.05, 0.1) is 6.61 Å². The molecule has 0 fully saturated rings. The van der Waals surface area contributed by atoms with E-state index in [9.17, 15) is 0 Å². The Morgan fingerprint density at radius 1 is 1.28 bits per heavy atom. The molecule has 1 aromatic carbocycles. The summed E-state index contributed by atoms with van der Waals surface area (Å²) in [6.07, 6.45) is 2.53. The molecule has 0 bridgehead atoms. The fraction of sp³-hybridized carbons (Fsp3) is 0.214. The fourth-order valence-electron chi connectivity index (χ4n) is 1.65. The van der Waals surface area contributed by atoms with Gasteiger partial charge in [0.15, 0.2) is 0 Å². The van der Waals surface area contributed by atoms with Crippen LogP contribution in [0.1, 0.15) is 11.1 Å². The molecule has 94 valence electrons. The molecule has 0 aliphatic carbocycles. The van der Waals surface area contributed by atoms with Crippen molar-refractivity contribution < 1.29 is 4.74 Å². The van der Waals surface area contributed by atoms with E-state index in [1.165, 1.54) is 0 Å². The van der Waals surface area contributed by atoms with Crippen LogP contribution in [-0.4, -0.2) is 11.6 Å². The van der Waals surface area contributed by atoms with Crippen molar-refractivity contribution in [3.05, 3.63) is 52.1 Å². The van der Waals surface area contributed by atoms with Gasteiger partial charge in [-0.25, -0.2) is 4.98 Å². The van der Waals surface area contributed by atoms with Crippen molar-refractivity contribution in [1.29, 1.82) is 0 Å². The highest BCUT2D eigenvalue weighted by molar-refractivity contribution is 9.10. The van der Waals surface area contributed by atoms with E-state index >= 15 is 0 Å². The van der Waals surface area contributed by atoms with E-state index in [0.29, 0.717) is 12.4 Å². The third kappa shape index (κ3) is 3.47. The minimum atomic E-state index is 0.583. The maximum Gasteiger partial charge on any atom is 0.126 e. The standard InChI is InChI=1S/C14H15BrN2O/c1-10-8-11(14(16)17-9-10)6-7-18-13-4-2-12(15)3-5-13/h2-5,8-9H,6-7H2,1H3,(H2,16,17). The van der Waals surface area contributed by atoms with Crippen molar-refractivity contribution in [1.82, 2.24) is 4.98 Å². The summed E-state index contributed by atoms with van der Waals surface area (Å²) in [7, 11) is 0. The molecule has 2 aromatic rings. The molecule has 0 aliphatic rings. The van der Waals surface area contributed by atoms with E-state index in [2.05, 4.69) is 20.9 Å². The third-order valence-corrected chi connectivity index (χ3v) is 3.12. The summed E-state index contributed by atoms with van der Waals surface area (Å²) in [5.74, 6) is 1.44. The minimum absolute atomic E-state index is 0.583. The number of ether oxygens (including phenoxy) is 1. The maximum absolute atomic E-state index is 5.82. The number of rotatable bonds is 4. The summed E-state index contributed by atoms with van der Waals surface area (Å²) >= 11 is 3.39. The molecule has 2 N–H and O–H groups in total. The average molecular weight is 307 g/mol. The zero-order chi connectivity index (χ0) is 13.0. The summed E-state index contributed by atoms with van der Waals surface area (Å²) in [5.41, 5.74) is 7.96. The maximum atomic E-state index is 5.82. The molecule has 1 heterocycles. The van der Waals surface area contributed by atoms with E-state index in [0.717, 1.165) is 27.8 Å². The Kier molecular flexibility index (Phi) is 4.20. The number of nitrogen functional groups attached to an aromatic ring is 1. The summed E-state index contributed by atoms with van der Waals surface area (Å²) in [5, 5.41) is 0. The Morgan fingerprint density at radius 3 is 2.72 bits per heavy atom. The summed E-state index contributed by atoms with van der Waals surface area (Å²) in [6.45, 7) is 2.60. The van der Waals surface area contributed by atoms with Crippen molar-refractivity contribution in [2.45, 2.75) is 13.3 Å². The van der Waals surface area contributed by atoms with Crippen molar-refractivity contribution in [2.75, 3.05) is 12.3 Å². The van der Waals surface area contributed by atoms with E-state index < -0.39 is 0 Å². The number of benzene rings is 1. The highest BCUT2D eigenvalue weighted by atomic mass is 79.9. The Morgan fingerprint density at radius 2 is 2.00 bits per heavy atom. The minimum Gasteiger partial charge on any atom is -0.493 e. The SMILES string of the molecule is Cc1cnc(N)c(CCOc2ccc(Br)cc2)c1. The Labute approximate surface area is 115 Å². The highest BCUT2D eigenvalue weighted by Gasteiger charge is 2.01. The van der Waals surface area contributed by atoms with Crippen molar-refractivity contribution in [3.8, 4) is 5.75 Å². The molecular formula is C14H15BrN2O. The van der Waals surface area contributed by atoms with Crippen molar-refractivity contribution in [2.24, 2.45) is 0 Å². The van der Waals surface area contributed by atoms with Crippen LogP contribution in [-0.2, 0) is 6.42 Å². The first-order valence-corrected chi connectivity index (χ1v) is 6.54. The van der Waals surface area contributed by atoms with Gasteiger partial charge in [-0.15, -0.1) is 0 Å². The second-order valence-corrected chi connectivity index (χ2v) is 5.03. The lowest BCUT2D eigenvalue weighted by molar-refractivity contribution is 0.322. The quantitative estimate of drug-likeness (QED) is 0.942. The third-order valence-electron chi connectivity index (χ3n) is 2.59. The van der Waals surface area contributed by atoms with Gasteiger partial charge in [0, 0.05) is 17.1 Å². The number of nitrogens with zero attached hydrogens (tertiary/aromatic N) is 1. The number of anilines is 1. The molecule has 0 unspecified atom stereocenters. The lowest BCUT2D eigenvalue weighted by atomic mass is 10.1. The number of halogens is 1.